The number of fused-ring (bicyclic) bond motifs is 3. The van der Waals surface area contributed by atoms with Gasteiger partial charge >= 0.3 is 0 Å². The van der Waals surface area contributed by atoms with Crippen molar-refractivity contribution >= 4 is 0 Å². The Morgan fingerprint density at radius 2 is 2.14 bits per heavy atom. The maximum Gasteiger partial charge on any atom is 0.199 e. The predicted molar refractivity (Wildman–Crippen MR) is 79.5 cm³/mol. The van der Waals surface area contributed by atoms with Gasteiger partial charge in [-0.15, -0.1) is 0 Å². The average molecular weight is 294 g/mol. The lowest BCUT2D eigenvalue weighted by Crippen LogP contribution is -2.42. The number of hydrogen-bond acceptors (Lipinski definition) is 4. The molecule has 4 heteroatoms. The van der Waals surface area contributed by atoms with Crippen molar-refractivity contribution in [3.8, 4) is 0 Å². The maximum atomic E-state index is 6.17. The third-order valence-electron chi connectivity index (χ3n) is 4.41. The second kappa shape index (κ2) is 5.75. The Balaban J connectivity index is 1.88. The van der Waals surface area contributed by atoms with Gasteiger partial charge in [-0.05, 0) is 38.3 Å². The lowest BCUT2D eigenvalue weighted by molar-refractivity contribution is -0.158. The minimum absolute atomic E-state index is 0.104. The molecule has 0 spiro atoms. The molecule has 0 amide bonds. The standard InChI is InChI=1S/C17H26O4/c1-5-7-11-8-14-16(21-17(3,4)20-14)12-9-15(18-6-2)19-10-13(11)12/h7,10,12,14-16H,5-6,8-9H2,1-4H3/b11-7+/t12-,14+,15-,16-/m0/s1. The summed E-state index contributed by atoms with van der Waals surface area (Å²) >= 11 is 0. The Kier molecular flexibility index (Phi) is 4.12. The molecule has 2 aliphatic heterocycles. The second-order valence-corrected chi connectivity index (χ2v) is 6.42. The van der Waals surface area contributed by atoms with E-state index in [1.807, 2.05) is 27.0 Å². The van der Waals surface area contributed by atoms with Gasteiger partial charge in [0.15, 0.2) is 12.1 Å². The molecule has 0 radical (unpaired) electrons. The number of rotatable bonds is 3. The molecule has 1 aliphatic carbocycles. The summed E-state index contributed by atoms with van der Waals surface area (Å²) in [7, 11) is 0. The Morgan fingerprint density at radius 1 is 1.33 bits per heavy atom. The van der Waals surface area contributed by atoms with Crippen LogP contribution in [-0.2, 0) is 18.9 Å². The van der Waals surface area contributed by atoms with Crippen LogP contribution in [0.15, 0.2) is 23.5 Å². The quantitative estimate of drug-likeness (QED) is 0.798. The van der Waals surface area contributed by atoms with E-state index in [1.54, 1.807) is 0 Å². The highest BCUT2D eigenvalue weighted by Crippen LogP contribution is 2.47. The third-order valence-corrected chi connectivity index (χ3v) is 4.41. The fourth-order valence-corrected chi connectivity index (χ4v) is 3.69. The highest BCUT2D eigenvalue weighted by atomic mass is 16.8. The van der Waals surface area contributed by atoms with E-state index in [1.165, 1.54) is 11.1 Å². The van der Waals surface area contributed by atoms with Crippen molar-refractivity contribution in [2.75, 3.05) is 6.61 Å². The number of hydrogen-bond donors (Lipinski definition) is 0. The topological polar surface area (TPSA) is 36.9 Å². The van der Waals surface area contributed by atoms with Gasteiger partial charge in [-0.3, -0.25) is 0 Å². The van der Waals surface area contributed by atoms with E-state index in [4.69, 9.17) is 18.9 Å². The summed E-state index contributed by atoms with van der Waals surface area (Å²) < 4.78 is 23.7. The van der Waals surface area contributed by atoms with Crippen molar-refractivity contribution in [1.29, 1.82) is 0 Å². The fraction of sp³-hybridized carbons (Fsp3) is 0.765. The molecule has 2 fully saturated rings. The molecular formula is C17H26O4. The highest BCUT2D eigenvalue weighted by molar-refractivity contribution is 5.38. The van der Waals surface area contributed by atoms with E-state index < -0.39 is 5.79 Å². The molecule has 0 bridgehead atoms. The molecule has 0 unspecified atom stereocenters. The zero-order valence-corrected chi connectivity index (χ0v) is 13.4. The molecule has 3 rings (SSSR count). The summed E-state index contributed by atoms with van der Waals surface area (Å²) in [5, 5.41) is 0. The summed E-state index contributed by atoms with van der Waals surface area (Å²) in [6, 6.07) is 0. The summed E-state index contributed by atoms with van der Waals surface area (Å²) in [5.74, 6) is -0.199. The lowest BCUT2D eigenvalue weighted by atomic mass is 9.75. The number of ether oxygens (including phenoxy) is 4. The molecule has 0 aromatic rings. The van der Waals surface area contributed by atoms with E-state index in [9.17, 15) is 0 Å². The first-order valence-electron chi connectivity index (χ1n) is 8.06. The Labute approximate surface area is 127 Å². The molecule has 1 saturated carbocycles. The van der Waals surface area contributed by atoms with Gasteiger partial charge in [0, 0.05) is 25.4 Å². The van der Waals surface area contributed by atoms with Crippen molar-refractivity contribution in [2.24, 2.45) is 5.92 Å². The van der Waals surface area contributed by atoms with E-state index >= 15 is 0 Å². The van der Waals surface area contributed by atoms with Gasteiger partial charge in [-0.2, -0.15) is 0 Å². The Morgan fingerprint density at radius 3 is 2.86 bits per heavy atom. The average Bonchev–Trinajstić information content (AvgIpc) is 2.74. The van der Waals surface area contributed by atoms with Crippen LogP contribution in [0.4, 0.5) is 0 Å². The summed E-state index contributed by atoms with van der Waals surface area (Å²) in [4.78, 5) is 0. The smallest absolute Gasteiger partial charge is 0.199 e. The Hall–Kier alpha value is -0.840. The molecule has 0 N–H and O–H groups in total. The normalized spacial score (nSPS) is 39.4. The third kappa shape index (κ3) is 2.89. The van der Waals surface area contributed by atoms with Crippen LogP contribution < -0.4 is 0 Å². The molecule has 21 heavy (non-hydrogen) atoms. The molecule has 118 valence electrons. The molecule has 3 aliphatic rings. The number of allylic oxidation sites excluding steroid dienone is 1. The zero-order valence-electron chi connectivity index (χ0n) is 13.4. The first-order chi connectivity index (χ1) is 10.0. The van der Waals surface area contributed by atoms with Gasteiger partial charge < -0.3 is 18.9 Å². The Bertz CT molecular complexity index is 452. The van der Waals surface area contributed by atoms with Crippen LogP contribution in [0.3, 0.4) is 0 Å². The maximum absolute atomic E-state index is 6.17. The van der Waals surface area contributed by atoms with E-state index in [0.29, 0.717) is 12.5 Å². The second-order valence-electron chi connectivity index (χ2n) is 6.42. The van der Waals surface area contributed by atoms with E-state index in [2.05, 4.69) is 13.0 Å². The van der Waals surface area contributed by atoms with Crippen molar-refractivity contribution in [3.63, 3.8) is 0 Å². The van der Waals surface area contributed by atoms with Crippen LogP contribution in [0.5, 0.6) is 0 Å². The molecule has 4 nitrogen and oxygen atoms in total. The van der Waals surface area contributed by atoms with Gasteiger partial charge in [-0.1, -0.05) is 13.0 Å². The van der Waals surface area contributed by atoms with Crippen molar-refractivity contribution in [2.45, 2.75) is 71.2 Å². The van der Waals surface area contributed by atoms with Crippen LogP contribution in [0.1, 0.15) is 47.0 Å². The molecule has 2 heterocycles. The largest absolute Gasteiger partial charge is 0.472 e. The van der Waals surface area contributed by atoms with Crippen LogP contribution in [0, 0.1) is 5.92 Å². The monoisotopic (exact) mass is 294 g/mol. The van der Waals surface area contributed by atoms with Crippen molar-refractivity contribution in [3.05, 3.63) is 23.5 Å². The SMILES string of the molecule is CC/C=C1\C[C@H]2OC(C)(C)O[C@H]2[C@H]2C[C@@H](OCC)OC=C12. The molecule has 0 aromatic heterocycles. The zero-order chi connectivity index (χ0) is 15.0. The van der Waals surface area contributed by atoms with Crippen molar-refractivity contribution < 1.29 is 18.9 Å². The molecule has 0 aromatic carbocycles. The summed E-state index contributed by atoms with van der Waals surface area (Å²) in [5.41, 5.74) is 2.62. The van der Waals surface area contributed by atoms with Gasteiger partial charge in [0.1, 0.15) is 0 Å². The minimum atomic E-state index is -0.498. The summed E-state index contributed by atoms with van der Waals surface area (Å²) in [6.45, 7) is 8.81. The minimum Gasteiger partial charge on any atom is -0.472 e. The first-order valence-corrected chi connectivity index (χ1v) is 8.06. The summed E-state index contributed by atoms with van der Waals surface area (Å²) in [6.07, 6.45) is 7.02. The fourth-order valence-electron chi connectivity index (χ4n) is 3.69. The van der Waals surface area contributed by atoms with Crippen molar-refractivity contribution in [1.82, 2.24) is 0 Å². The first kappa shape index (κ1) is 15.1. The highest BCUT2D eigenvalue weighted by Gasteiger charge is 2.51. The molecular weight excluding hydrogens is 268 g/mol. The van der Waals surface area contributed by atoms with Crippen LogP contribution >= 0.6 is 0 Å². The van der Waals surface area contributed by atoms with Gasteiger partial charge in [0.2, 0.25) is 0 Å². The lowest BCUT2D eigenvalue weighted by Gasteiger charge is -2.39. The van der Waals surface area contributed by atoms with Crippen LogP contribution in [0.25, 0.3) is 0 Å². The van der Waals surface area contributed by atoms with Gasteiger partial charge in [-0.25, -0.2) is 0 Å². The predicted octanol–water partition coefficient (Wildman–Crippen LogP) is 3.53. The van der Waals surface area contributed by atoms with Gasteiger partial charge in [0.05, 0.1) is 18.5 Å². The molecule has 1 saturated heterocycles. The molecule has 4 atom stereocenters. The van der Waals surface area contributed by atoms with E-state index in [0.717, 1.165) is 19.3 Å². The van der Waals surface area contributed by atoms with Crippen LogP contribution in [0.2, 0.25) is 0 Å². The van der Waals surface area contributed by atoms with E-state index in [-0.39, 0.29) is 18.5 Å². The van der Waals surface area contributed by atoms with Gasteiger partial charge in [0.25, 0.3) is 0 Å². The van der Waals surface area contributed by atoms with Crippen LogP contribution in [-0.4, -0.2) is 30.9 Å².